The van der Waals surface area contributed by atoms with Crippen molar-refractivity contribution in [3.63, 3.8) is 0 Å². The summed E-state index contributed by atoms with van der Waals surface area (Å²) in [5.41, 5.74) is 2.00. The van der Waals surface area contributed by atoms with Gasteiger partial charge in [-0.1, -0.05) is 18.2 Å². The van der Waals surface area contributed by atoms with Crippen molar-refractivity contribution in [2.45, 2.75) is 38.2 Å². The van der Waals surface area contributed by atoms with Crippen molar-refractivity contribution in [2.75, 3.05) is 0 Å². The molecule has 4 nitrogen and oxygen atoms in total. The van der Waals surface area contributed by atoms with Crippen LogP contribution in [0.2, 0.25) is 0 Å². The van der Waals surface area contributed by atoms with Crippen LogP contribution in [0.1, 0.15) is 30.4 Å². The zero-order chi connectivity index (χ0) is 16.2. The smallest absolute Gasteiger partial charge is 0.169 e. The van der Waals surface area contributed by atoms with Gasteiger partial charge < -0.3 is 14.9 Å². The van der Waals surface area contributed by atoms with Crippen molar-refractivity contribution in [3.8, 4) is 17.2 Å². The number of phenols is 1. The van der Waals surface area contributed by atoms with Gasteiger partial charge in [-0.25, -0.2) is 0 Å². The first kappa shape index (κ1) is 15.6. The van der Waals surface area contributed by atoms with E-state index < -0.39 is 6.10 Å². The minimum atomic E-state index is -0.632. The predicted molar refractivity (Wildman–Crippen MR) is 86.9 cm³/mol. The lowest BCUT2D eigenvalue weighted by Gasteiger charge is -2.11. The number of rotatable bonds is 0. The number of ether oxygens (including phenoxy) is 1. The highest BCUT2D eigenvalue weighted by molar-refractivity contribution is 5.79. The molecule has 2 aromatic rings. The molecular weight excluding hydrogens is 292 g/mol. The Labute approximate surface area is 135 Å². The summed E-state index contributed by atoms with van der Waals surface area (Å²) in [6, 6.07) is 12.7. The van der Waals surface area contributed by atoms with Crippen LogP contribution in [0.5, 0.6) is 17.2 Å². The van der Waals surface area contributed by atoms with Gasteiger partial charge in [-0.2, -0.15) is 0 Å². The van der Waals surface area contributed by atoms with Gasteiger partial charge in [-0.15, -0.1) is 0 Å². The molecule has 0 fully saturated rings. The molecule has 4 bridgehead atoms. The third-order valence-electron chi connectivity index (χ3n) is 4.10. The maximum atomic E-state index is 11.9. The average molecular weight is 312 g/mol. The van der Waals surface area contributed by atoms with E-state index in [1.54, 1.807) is 18.2 Å². The maximum absolute atomic E-state index is 11.9. The maximum Gasteiger partial charge on any atom is 0.169 e. The number of Topliss-reactive ketones (excluding diaryl/α,β-unsaturated/α-hetero) is 1. The Morgan fingerprint density at radius 3 is 2.48 bits per heavy atom. The Morgan fingerprint density at radius 2 is 1.70 bits per heavy atom. The molecule has 0 aliphatic carbocycles. The fraction of sp³-hybridized carbons (Fsp3) is 0.316. The number of ketones is 1. The summed E-state index contributed by atoms with van der Waals surface area (Å²) in [6.07, 6.45) is 1.80. The van der Waals surface area contributed by atoms with Gasteiger partial charge >= 0.3 is 0 Å². The van der Waals surface area contributed by atoms with Crippen molar-refractivity contribution in [1.29, 1.82) is 0 Å². The Bertz CT molecular complexity index is 691. The normalized spacial score (nSPS) is 18.8. The molecule has 0 amide bonds. The molecule has 120 valence electrons. The van der Waals surface area contributed by atoms with Crippen LogP contribution in [0.3, 0.4) is 0 Å². The van der Waals surface area contributed by atoms with Crippen LogP contribution < -0.4 is 4.74 Å². The van der Waals surface area contributed by atoms with Gasteiger partial charge in [0.15, 0.2) is 11.5 Å². The summed E-state index contributed by atoms with van der Waals surface area (Å²) in [5, 5.41) is 20.0. The fourth-order valence-corrected chi connectivity index (χ4v) is 2.73. The summed E-state index contributed by atoms with van der Waals surface area (Å²) >= 11 is 0. The van der Waals surface area contributed by atoms with E-state index in [4.69, 9.17) is 4.74 Å². The molecule has 4 heteroatoms. The molecule has 2 N–H and O–H groups in total. The average Bonchev–Trinajstić information content (AvgIpc) is 2.55. The van der Waals surface area contributed by atoms with Crippen LogP contribution in [0, 0.1) is 0 Å². The monoisotopic (exact) mass is 312 g/mol. The Morgan fingerprint density at radius 1 is 0.957 bits per heavy atom. The highest BCUT2D eigenvalue weighted by Crippen LogP contribution is 2.32. The zero-order valence-corrected chi connectivity index (χ0v) is 12.9. The van der Waals surface area contributed by atoms with Crippen molar-refractivity contribution < 1.29 is 19.7 Å². The molecular formula is C19H20O4. The zero-order valence-electron chi connectivity index (χ0n) is 12.9. The summed E-state index contributed by atoms with van der Waals surface area (Å²) in [4.78, 5) is 11.9. The highest BCUT2D eigenvalue weighted by Gasteiger charge is 2.13. The Hall–Kier alpha value is -2.33. The first-order valence-electron chi connectivity index (χ1n) is 7.88. The number of aromatic hydroxyl groups is 1. The molecule has 0 aromatic heterocycles. The van der Waals surface area contributed by atoms with Crippen LogP contribution in [0.15, 0.2) is 42.5 Å². The van der Waals surface area contributed by atoms with Crippen molar-refractivity contribution in [3.05, 3.63) is 53.6 Å². The third kappa shape index (κ3) is 4.11. The minimum Gasteiger partial charge on any atom is -0.504 e. The first-order chi connectivity index (χ1) is 11.1. The van der Waals surface area contributed by atoms with Gasteiger partial charge in [0, 0.05) is 12.8 Å². The van der Waals surface area contributed by atoms with E-state index in [0.29, 0.717) is 37.2 Å². The van der Waals surface area contributed by atoms with Crippen LogP contribution in [-0.2, 0) is 17.6 Å². The molecule has 1 atom stereocenters. The lowest BCUT2D eigenvalue weighted by Crippen LogP contribution is -2.14. The molecule has 2 aliphatic heterocycles. The number of aliphatic hydroxyl groups excluding tert-OH is 1. The number of hydrogen-bond donors (Lipinski definition) is 2. The second-order valence-electron chi connectivity index (χ2n) is 5.98. The standard InChI is InChI=1S/C19H20O4/c20-15-6-1-13-3-8-17(9-4-13)23-19-11-14(5-10-18(19)22)2-7-16(21)12-15/h3-5,8-11,16,21-22H,1-2,6-7,12H2. The summed E-state index contributed by atoms with van der Waals surface area (Å²) in [6.45, 7) is 0. The number of carbonyl (C=O) groups is 1. The molecule has 0 radical (unpaired) electrons. The number of benzene rings is 2. The predicted octanol–water partition coefficient (Wildman–Crippen LogP) is 3.38. The summed E-state index contributed by atoms with van der Waals surface area (Å²) in [5.74, 6) is 1.20. The van der Waals surface area contributed by atoms with Gasteiger partial charge in [-0.05, 0) is 54.7 Å². The van der Waals surface area contributed by atoms with Crippen molar-refractivity contribution in [1.82, 2.24) is 0 Å². The van der Waals surface area contributed by atoms with Gasteiger partial charge in [0.25, 0.3) is 0 Å². The van der Waals surface area contributed by atoms with Crippen molar-refractivity contribution >= 4 is 5.78 Å². The van der Waals surface area contributed by atoms with Crippen LogP contribution in [0.4, 0.5) is 0 Å². The second kappa shape index (κ2) is 6.84. The SMILES string of the molecule is O=C1CCc2ccc(cc2)Oc2cc(ccc2O)CCC(O)C1. The molecule has 2 aliphatic rings. The molecule has 1 unspecified atom stereocenters. The highest BCUT2D eigenvalue weighted by atomic mass is 16.5. The van der Waals surface area contributed by atoms with E-state index in [2.05, 4.69) is 0 Å². The lowest BCUT2D eigenvalue weighted by molar-refractivity contribution is -0.120. The minimum absolute atomic E-state index is 0.0814. The molecule has 2 aromatic carbocycles. The van der Waals surface area contributed by atoms with E-state index in [-0.39, 0.29) is 18.0 Å². The third-order valence-corrected chi connectivity index (χ3v) is 4.10. The summed E-state index contributed by atoms with van der Waals surface area (Å²) in [7, 11) is 0. The molecule has 0 saturated carbocycles. The molecule has 0 saturated heterocycles. The van der Waals surface area contributed by atoms with E-state index in [1.807, 2.05) is 24.3 Å². The second-order valence-corrected chi connectivity index (χ2v) is 5.98. The van der Waals surface area contributed by atoms with Gasteiger partial charge in [0.1, 0.15) is 11.5 Å². The molecule has 23 heavy (non-hydrogen) atoms. The number of carbonyl (C=O) groups excluding carboxylic acids is 1. The Kier molecular flexibility index (Phi) is 4.63. The lowest BCUT2D eigenvalue weighted by atomic mass is 10.00. The van der Waals surface area contributed by atoms with E-state index in [1.165, 1.54) is 0 Å². The summed E-state index contributed by atoms with van der Waals surface area (Å²) < 4.78 is 5.75. The number of hydrogen-bond acceptors (Lipinski definition) is 4. The fourth-order valence-electron chi connectivity index (χ4n) is 2.73. The number of aryl methyl sites for hydroxylation is 2. The number of aliphatic hydroxyl groups is 1. The van der Waals surface area contributed by atoms with E-state index >= 15 is 0 Å². The van der Waals surface area contributed by atoms with Gasteiger partial charge in [0.05, 0.1) is 6.10 Å². The largest absolute Gasteiger partial charge is 0.504 e. The van der Waals surface area contributed by atoms with Crippen molar-refractivity contribution in [2.24, 2.45) is 0 Å². The quantitative estimate of drug-likeness (QED) is 0.782. The molecule has 2 heterocycles. The number of fused-ring (bicyclic) bond motifs is 8. The van der Waals surface area contributed by atoms with Crippen LogP contribution in [0.25, 0.3) is 0 Å². The number of phenolic OH excluding ortho intramolecular Hbond substituents is 1. The van der Waals surface area contributed by atoms with E-state index in [0.717, 1.165) is 11.1 Å². The molecule has 4 rings (SSSR count). The molecule has 0 spiro atoms. The first-order valence-corrected chi connectivity index (χ1v) is 7.88. The van der Waals surface area contributed by atoms with E-state index in [9.17, 15) is 15.0 Å². The van der Waals surface area contributed by atoms with Gasteiger partial charge in [0.2, 0.25) is 0 Å². The van der Waals surface area contributed by atoms with Gasteiger partial charge in [-0.3, -0.25) is 4.79 Å². The topological polar surface area (TPSA) is 66.8 Å². The Balaban J connectivity index is 1.91. The van der Waals surface area contributed by atoms with Crippen LogP contribution >= 0.6 is 0 Å². The van der Waals surface area contributed by atoms with Crippen LogP contribution in [-0.4, -0.2) is 22.1 Å².